The normalized spacial score (nSPS) is 25.5. The number of halogens is 2. The molecule has 1 aliphatic carbocycles. The van der Waals surface area contributed by atoms with E-state index in [-0.39, 0.29) is 34.8 Å². The molecule has 186 valence electrons. The molecule has 0 bridgehead atoms. The quantitative estimate of drug-likeness (QED) is 0.671. The smallest absolute Gasteiger partial charge is 0.341 e. The molecule has 34 heavy (non-hydrogen) atoms. The number of hydrogen-bond acceptors (Lipinski definition) is 6. The van der Waals surface area contributed by atoms with Gasteiger partial charge in [0.25, 0.3) is 0 Å². The van der Waals surface area contributed by atoms with Gasteiger partial charge in [0.2, 0.25) is 5.43 Å². The van der Waals surface area contributed by atoms with Gasteiger partial charge in [-0.2, -0.15) is 0 Å². The first-order valence-electron chi connectivity index (χ1n) is 11.3. The van der Waals surface area contributed by atoms with Crippen LogP contribution < -0.4 is 16.1 Å². The fourth-order valence-electron chi connectivity index (χ4n) is 5.21. The number of aromatic nitrogens is 1. The second kappa shape index (κ2) is 8.19. The molecule has 5 rings (SSSR count). The molecule has 2 aromatic rings. The highest BCUT2D eigenvalue weighted by molar-refractivity contribution is 5.93. The monoisotopic (exact) mass is 495 g/mol. The van der Waals surface area contributed by atoms with Gasteiger partial charge in [-0.15, -0.1) is 12.4 Å². The highest BCUT2D eigenvalue weighted by atomic mass is 35.5. The zero-order chi connectivity index (χ0) is 23.8. The summed E-state index contributed by atoms with van der Waals surface area (Å²) >= 11 is 0. The Kier molecular flexibility index (Phi) is 6.00. The Morgan fingerprint density at radius 3 is 2.41 bits per heavy atom. The number of nitrogens with two attached hydrogens (primary N) is 1. The summed E-state index contributed by atoms with van der Waals surface area (Å²) in [5.41, 5.74) is 5.37. The molecule has 0 amide bonds. The van der Waals surface area contributed by atoms with E-state index in [9.17, 15) is 14.7 Å². The molecule has 1 aromatic heterocycles. The first-order valence-corrected chi connectivity index (χ1v) is 11.3. The summed E-state index contributed by atoms with van der Waals surface area (Å²) in [6, 6.07) is 2.98. The average Bonchev–Trinajstić information content (AvgIpc) is 3.55. The summed E-state index contributed by atoms with van der Waals surface area (Å²) in [6.07, 6.45) is 3.19. The second-order valence-electron chi connectivity index (χ2n) is 10.5. The number of carboxylic acids is 1. The maximum Gasteiger partial charge on any atom is 0.341 e. The van der Waals surface area contributed by atoms with Crippen molar-refractivity contribution in [3.05, 3.63) is 39.9 Å². The summed E-state index contributed by atoms with van der Waals surface area (Å²) < 4.78 is 29.2. The van der Waals surface area contributed by atoms with Crippen molar-refractivity contribution in [2.75, 3.05) is 37.7 Å². The first kappa shape index (κ1) is 24.9. The van der Waals surface area contributed by atoms with Crippen LogP contribution in [0.2, 0.25) is 0 Å². The third kappa shape index (κ3) is 3.79. The number of hydrogen-bond donors (Lipinski definition) is 2. The minimum Gasteiger partial charge on any atom is -0.477 e. The Bertz CT molecular complexity index is 1200. The van der Waals surface area contributed by atoms with Gasteiger partial charge >= 0.3 is 5.97 Å². The van der Waals surface area contributed by atoms with Crippen LogP contribution in [0.1, 0.15) is 50.0 Å². The molecule has 3 N–H and O–H groups in total. The van der Waals surface area contributed by atoms with E-state index in [0.717, 1.165) is 12.8 Å². The third-order valence-electron chi connectivity index (χ3n) is 7.77. The van der Waals surface area contributed by atoms with E-state index < -0.39 is 28.4 Å². The number of rotatable bonds is 4. The largest absolute Gasteiger partial charge is 0.477 e. The van der Waals surface area contributed by atoms with Crippen LogP contribution in [-0.2, 0) is 9.47 Å². The fourth-order valence-corrected chi connectivity index (χ4v) is 5.21. The van der Waals surface area contributed by atoms with Gasteiger partial charge in [0.1, 0.15) is 11.4 Å². The van der Waals surface area contributed by atoms with Gasteiger partial charge in [0.15, 0.2) is 5.79 Å². The lowest BCUT2D eigenvalue weighted by Gasteiger charge is -2.48. The molecule has 2 saturated heterocycles. The fraction of sp³-hybridized carbons (Fsp3) is 0.583. The molecule has 3 heterocycles. The number of ether oxygens (including phenoxy) is 2. The molecule has 3 aliphatic rings. The van der Waals surface area contributed by atoms with Gasteiger partial charge in [-0.05, 0) is 38.8 Å². The minimum absolute atomic E-state index is 0. The van der Waals surface area contributed by atoms with E-state index in [1.165, 1.54) is 12.3 Å². The molecule has 1 saturated carbocycles. The van der Waals surface area contributed by atoms with Crippen LogP contribution in [0, 0.1) is 16.6 Å². The van der Waals surface area contributed by atoms with Crippen LogP contribution >= 0.6 is 12.4 Å². The van der Waals surface area contributed by atoms with Crippen LogP contribution in [0.5, 0.6) is 0 Å². The average molecular weight is 496 g/mol. The van der Waals surface area contributed by atoms with Crippen LogP contribution in [-0.4, -0.2) is 54.3 Å². The van der Waals surface area contributed by atoms with Gasteiger partial charge in [-0.1, -0.05) is 6.92 Å². The first-order chi connectivity index (χ1) is 15.5. The molecular weight excluding hydrogens is 465 g/mol. The van der Waals surface area contributed by atoms with Crippen molar-refractivity contribution in [2.45, 2.75) is 45.4 Å². The Hall–Kier alpha value is -2.20. The third-order valence-corrected chi connectivity index (χ3v) is 7.77. The number of nitrogens with zero attached hydrogens (tertiary/aromatic N) is 2. The molecule has 3 fully saturated rings. The van der Waals surface area contributed by atoms with Crippen LogP contribution in [0.25, 0.3) is 10.9 Å². The van der Waals surface area contributed by atoms with E-state index in [1.807, 2.05) is 23.3 Å². The molecular formula is C24H31ClFN3O5. The van der Waals surface area contributed by atoms with E-state index in [1.54, 1.807) is 6.07 Å². The summed E-state index contributed by atoms with van der Waals surface area (Å²) in [6.45, 7) is 8.13. The Labute approximate surface area is 203 Å². The topological polar surface area (TPSA) is 107 Å². The van der Waals surface area contributed by atoms with E-state index in [2.05, 4.69) is 6.92 Å². The molecule has 0 radical (unpaired) electrons. The Morgan fingerprint density at radius 2 is 1.85 bits per heavy atom. The van der Waals surface area contributed by atoms with Crippen LogP contribution in [0.3, 0.4) is 0 Å². The van der Waals surface area contributed by atoms with Crippen LogP contribution in [0.4, 0.5) is 10.1 Å². The number of anilines is 1. The van der Waals surface area contributed by atoms with Crippen LogP contribution in [0.15, 0.2) is 23.1 Å². The minimum atomic E-state index is -1.30. The van der Waals surface area contributed by atoms with Gasteiger partial charge in [-0.25, -0.2) is 9.18 Å². The zero-order valence-electron chi connectivity index (χ0n) is 19.6. The van der Waals surface area contributed by atoms with Gasteiger partial charge < -0.3 is 29.8 Å². The van der Waals surface area contributed by atoms with Crippen molar-refractivity contribution in [1.29, 1.82) is 0 Å². The van der Waals surface area contributed by atoms with Crippen molar-refractivity contribution in [1.82, 2.24) is 4.57 Å². The lowest BCUT2D eigenvalue weighted by atomic mass is 9.67. The lowest BCUT2D eigenvalue weighted by molar-refractivity contribution is -0.295. The molecule has 1 atom stereocenters. The summed E-state index contributed by atoms with van der Waals surface area (Å²) in [7, 11) is 0. The standard InChI is InChI=1S/C24H30FN3O5.ClH/c1-22(2)32-12-24(13-33-22)11-27(10-23(24,3)9-26)19-7-18-15(6-17(19)25)20(29)16(21(30)31)8-28(18)14-4-5-14;/h6-8,14H,4-5,9-13,26H2,1-3H3,(H,30,31);1H. The van der Waals surface area contributed by atoms with Gasteiger partial charge in [0.05, 0.1) is 24.4 Å². The van der Waals surface area contributed by atoms with Gasteiger partial charge in [-0.3, -0.25) is 4.79 Å². The van der Waals surface area contributed by atoms with E-state index >= 15 is 4.39 Å². The lowest BCUT2D eigenvalue weighted by Crippen LogP contribution is -2.56. The summed E-state index contributed by atoms with van der Waals surface area (Å²) in [4.78, 5) is 26.3. The van der Waals surface area contributed by atoms with Crippen molar-refractivity contribution in [3.8, 4) is 0 Å². The number of benzene rings is 1. The van der Waals surface area contributed by atoms with Crippen molar-refractivity contribution < 1.29 is 23.8 Å². The number of carboxylic acid groups (broad SMARTS) is 1. The molecule has 1 unspecified atom stereocenters. The van der Waals surface area contributed by atoms with Gasteiger partial charge in [0, 0.05) is 48.1 Å². The molecule has 1 spiro atoms. The van der Waals surface area contributed by atoms with E-state index in [4.69, 9.17) is 15.2 Å². The predicted octanol–water partition coefficient (Wildman–Crippen LogP) is 3.15. The second-order valence-corrected chi connectivity index (χ2v) is 10.5. The summed E-state index contributed by atoms with van der Waals surface area (Å²) in [5.74, 6) is -2.54. The number of fused-ring (bicyclic) bond motifs is 1. The number of pyridine rings is 1. The number of aromatic carboxylic acids is 1. The predicted molar refractivity (Wildman–Crippen MR) is 128 cm³/mol. The summed E-state index contributed by atoms with van der Waals surface area (Å²) in [5, 5.41) is 9.55. The molecule has 2 aliphatic heterocycles. The molecule has 10 heteroatoms. The Morgan fingerprint density at radius 1 is 1.21 bits per heavy atom. The van der Waals surface area contributed by atoms with E-state index in [0.29, 0.717) is 44.1 Å². The molecule has 8 nitrogen and oxygen atoms in total. The molecule has 1 aromatic carbocycles. The maximum absolute atomic E-state index is 15.4. The van der Waals surface area contributed by atoms with Crippen molar-refractivity contribution >= 4 is 35.0 Å². The number of carbonyl (C=O) groups is 1. The maximum atomic E-state index is 15.4. The zero-order valence-corrected chi connectivity index (χ0v) is 20.4. The Balaban J connectivity index is 0.00000274. The van der Waals surface area contributed by atoms with Crippen molar-refractivity contribution in [2.24, 2.45) is 16.6 Å². The highest BCUT2D eigenvalue weighted by Crippen LogP contribution is 2.51. The van der Waals surface area contributed by atoms with Crippen molar-refractivity contribution in [3.63, 3.8) is 0 Å². The highest BCUT2D eigenvalue weighted by Gasteiger charge is 2.58. The SMILES string of the molecule is CC1(C)OCC2(CO1)CN(c1cc3c(cc1F)c(=O)c(C(=O)O)cn3C1CC1)CC2(C)CN.Cl.